The lowest BCUT2D eigenvalue weighted by atomic mass is 9.78. The summed E-state index contributed by atoms with van der Waals surface area (Å²) in [5.74, 6) is 0.657. The molecule has 1 fully saturated rings. The van der Waals surface area contributed by atoms with Crippen molar-refractivity contribution in [1.29, 1.82) is 0 Å². The van der Waals surface area contributed by atoms with Crippen LogP contribution in [0.1, 0.15) is 46.1 Å². The molecular weight excluding hydrogens is 237 g/mol. The highest BCUT2D eigenvalue weighted by molar-refractivity contribution is 5.19. The Morgan fingerprint density at radius 1 is 1.21 bits per heavy atom. The summed E-state index contributed by atoms with van der Waals surface area (Å²) >= 11 is 0. The number of hydrogen-bond donors (Lipinski definition) is 1. The zero-order valence-electron chi connectivity index (χ0n) is 12.6. The maximum absolute atomic E-state index is 13.3. The molecule has 1 N–H and O–H groups in total. The highest BCUT2D eigenvalue weighted by atomic mass is 19.1. The Balaban J connectivity index is 2.07. The molecule has 0 amide bonds. The molecule has 1 nitrogen and oxygen atoms in total. The highest BCUT2D eigenvalue weighted by Crippen LogP contribution is 2.47. The molecule has 1 aromatic rings. The van der Waals surface area contributed by atoms with Gasteiger partial charge in [-0.2, -0.15) is 0 Å². The molecule has 19 heavy (non-hydrogen) atoms. The molecule has 0 aliphatic heterocycles. The summed E-state index contributed by atoms with van der Waals surface area (Å²) in [5.41, 5.74) is 1.49. The average molecular weight is 263 g/mol. The van der Waals surface area contributed by atoms with E-state index in [0.717, 1.165) is 24.4 Å². The minimum absolute atomic E-state index is 0.126. The minimum Gasteiger partial charge on any atom is -0.312 e. The van der Waals surface area contributed by atoms with Gasteiger partial charge in [0.1, 0.15) is 5.82 Å². The number of halogens is 1. The second-order valence-electron chi connectivity index (χ2n) is 7.34. The van der Waals surface area contributed by atoms with Gasteiger partial charge in [-0.25, -0.2) is 4.39 Å². The van der Waals surface area contributed by atoms with Crippen LogP contribution in [-0.4, -0.2) is 12.1 Å². The van der Waals surface area contributed by atoms with E-state index in [9.17, 15) is 4.39 Å². The molecule has 1 aliphatic rings. The van der Waals surface area contributed by atoms with Gasteiger partial charge in [-0.3, -0.25) is 0 Å². The third-order valence-corrected chi connectivity index (χ3v) is 4.08. The molecule has 0 spiro atoms. The van der Waals surface area contributed by atoms with E-state index in [1.807, 2.05) is 12.1 Å². The molecule has 1 unspecified atom stereocenters. The fraction of sp³-hybridized carbons (Fsp3) is 0.647. The first-order chi connectivity index (χ1) is 8.78. The van der Waals surface area contributed by atoms with E-state index in [1.165, 1.54) is 18.9 Å². The molecule has 106 valence electrons. The van der Waals surface area contributed by atoms with E-state index >= 15 is 0 Å². The van der Waals surface area contributed by atoms with E-state index < -0.39 is 0 Å². The molecule has 1 aliphatic carbocycles. The first kappa shape index (κ1) is 14.5. The first-order valence-electron chi connectivity index (χ1n) is 7.28. The maximum Gasteiger partial charge on any atom is 0.123 e. The van der Waals surface area contributed by atoms with E-state index in [0.29, 0.717) is 0 Å². The Hall–Kier alpha value is -0.890. The standard InChI is InChI=1S/C17H26FN/c1-16(2,3)19-12-17(4,14-8-9-14)11-13-6-5-7-15(18)10-13/h5-7,10,14,19H,8-9,11-12H2,1-4H3. The van der Waals surface area contributed by atoms with Crippen LogP contribution in [0.15, 0.2) is 24.3 Å². The van der Waals surface area contributed by atoms with E-state index in [-0.39, 0.29) is 16.8 Å². The van der Waals surface area contributed by atoms with Crippen LogP contribution >= 0.6 is 0 Å². The molecule has 0 aromatic heterocycles. The third kappa shape index (κ3) is 4.31. The summed E-state index contributed by atoms with van der Waals surface area (Å²) in [6.45, 7) is 9.93. The normalized spacial score (nSPS) is 19.2. The van der Waals surface area contributed by atoms with Crippen LogP contribution in [0.25, 0.3) is 0 Å². The van der Waals surface area contributed by atoms with Crippen molar-refractivity contribution in [3.8, 4) is 0 Å². The SMILES string of the molecule is CC(C)(C)NCC(C)(Cc1cccc(F)c1)C1CC1. The largest absolute Gasteiger partial charge is 0.312 e. The second-order valence-corrected chi connectivity index (χ2v) is 7.34. The lowest BCUT2D eigenvalue weighted by Gasteiger charge is -2.34. The summed E-state index contributed by atoms with van der Waals surface area (Å²) in [6, 6.07) is 7.05. The van der Waals surface area contributed by atoms with Crippen LogP contribution in [0.4, 0.5) is 4.39 Å². The predicted molar refractivity (Wildman–Crippen MR) is 78.7 cm³/mol. The van der Waals surface area contributed by atoms with Gasteiger partial charge in [-0.1, -0.05) is 19.1 Å². The molecule has 1 saturated carbocycles. The van der Waals surface area contributed by atoms with Gasteiger partial charge in [0.25, 0.3) is 0 Å². The smallest absolute Gasteiger partial charge is 0.123 e. The van der Waals surface area contributed by atoms with Crippen LogP contribution in [0, 0.1) is 17.2 Å². The Labute approximate surface area is 116 Å². The van der Waals surface area contributed by atoms with E-state index in [2.05, 4.69) is 33.0 Å². The van der Waals surface area contributed by atoms with Crippen molar-refractivity contribution in [3.63, 3.8) is 0 Å². The Morgan fingerprint density at radius 2 is 1.89 bits per heavy atom. The molecular formula is C17H26FN. The van der Waals surface area contributed by atoms with Gasteiger partial charge in [0.05, 0.1) is 0 Å². The van der Waals surface area contributed by atoms with Crippen LogP contribution in [-0.2, 0) is 6.42 Å². The van der Waals surface area contributed by atoms with Crippen molar-refractivity contribution < 1.29 is 4.39 Å². The second kappa shape index (κ2) is 5.24. The summed E-state index contributed by atoms with van der Waals surface area (Å²) in [4.78, 5) is 0. The Morgan fingerprint density at radius 3 is 2.42 bits per heavy atom. The van der Waals surface area contributed by atoms with Gasteiger partial charge in [0, 0.05) is 12.1 Å². The number of nitrogens with one attached hydrogen (secondary N) is 1. The number of hydrogen-bond acceptors (Lipinski definition) is 1. The minimum atomic E-state index is -0.126. The summed E-state index contributed by atoms with van der Waals surface area (Å²) in [6.07, 6.45) is 3.59. The molecule has 2 rings (SSSR count). The summed E-state index contributed by atoms with van der Waals surface area (Å²) < 4.78 is 13.3. The molecule has 0 radical (unpaired) electrons. The molecule has 1 atom stereocenters. The zero-order chi connectivity index (χ0) is 14.1. The third-order valence-electron chi connectivity index (χ3n) is 4.08. The fourth-order valence-electron chi connectivity index (χ4n) is 2.71. The maximum atomic E-state index is 13.3. The average Bonchev–Trinajstić information content (AvgIpc) is 3.09. The van der Waals surface area contributed by atoms with Gasteiger partial charge >= 0.3 is 0 Å². The molecule has 0 bridgehead atoms. The molecule has 1 aromatic carbocycles. The predicted octanol–water partition coefficient (Wildman–Crippen LogP) is 4.17. The lowest BCUT2D eigenvalue weighted by molar-refractivity contribution is 0.227. The van der Waals surface area contributed by atoms with Crippen LogP contribution in [0.5, 0.6) is 0 Å². The lowest BCUT2D eigenvalue weighted by Crippen LogP contribution is -2.44. The van der Waals surface area contributed by atoms with Crippen molar-refractivity contribution >= 4 is 0 Å². The van der Waals surface area contributed by atoms with Crippen molar-refractivity contribution in [1.82, 2.24) is 5.32 Å². The topological polar surface area (TPSA) is 12.0 Å². The van der Waals surface area contributed by atoms with E-state index in [1.54, 1.807) is 6.07 Å². The van der Waals surface area contributed by atoms with Crippen molar-refractivity contribution in [2.45, 2.75) is 52.5 Å². The quantitative estimate of drug-likeness (QED) is 0.840. The monoisotopic (exact) mass is 263 g/mol. The van der Waals surface area contributed by atoms with Gasteiger partial charge in [0.15, 0.2) is 0 Å². The first-order valence-corrected chi connectivity index (χ1v) is 7.28. The van der Waals surface area contributed by atoms with Crippen LogP contribution in [0.3, 0.4) is 0 Å². The van der Waals surface area contributed by atoms with Crippen molar-refractivity contribution in [2.24, 2.45) is 11.3 Å². The molecule has 0 saturated heterocycles. The van der Waals surface area contributed by atoms with Gasteiger partial charge < -0.3 is 5.32 Å². The van der Waals surface area contributed by atoms with Gasteiger partial charge in [0.2, 0.25) is 0 Å². The fourth-order valence-corrected chi connectivity index (χ4v) is 2.71. The van der Waals surface area contributed by atoms with Gasteiger partial charge in [-0.15, -0.1) is 0 Å². The van der Waals surface area contributed by atoms with E-state index in [4.69, 9.17) is 0 Å². The van der Waals surface area contributed by atoms with Gasteiger partial charge in [-0.05, 0) is 69.1 Å². The van der Waals surface area contributed by atoms with Crippen LogP contribution in [0.2, 0.25) is 0 Å². The summed E-state index contributed by atoms with van der Waals surface area (Å²) in [7, 11) is 0. The summed E-state index contributed by atoms with van der Waals surface area (Å²) in [5, 5.41) is 3.62. The molecule has 2 heteroatoms. The van der Waals surface area contributed by atoms with Crippen molar-refractivity contribution in [2.75, 3.05) is 6.54 Å². The molecule has 0 heterocycles. The Bertz CT molecular complexity index is 431. The van der Waals surface area contributed by atoms with Crippen molar-refractivity contribution in [3.05, 3.63) is 35.6 Å². The Kier molecular flexibility index (Phi) is 4.00. The zero-order valence-corrected chi connectivity index (χ0v) is 12.6. The number of benzene rings is 1. The highest BCUT2D eigenvalue weighted by Gasteiger charge is 2.41. The van der Waals surface area contributed by atoms with Crippen LogP contribution < -0.4 is 5.32 Å². The number of rotatable bonds is 5.